The highest BCUT2D eigenvalue weighted by atomic mass is 16.5. The van der Waals surface area contributed by atoms with Crippen molar-refractivity contribution >= 4 is 45.8 Å². The molecule has 0 bridgehead atoms. The van der Waals surface area contributed by atoms with Crippen molar-refractivity contribution in [3.8, 4) is 11.5 Å². The van der Waals surface area contributed by atoms with Gasteiger partial charge >= 0.3 is 12.1 Å². The Labute approximate surface area is 311 Å². The summed E-state index contributed by atoms with van der Waals surface area (Å²) in [6.07, 6.45) is 1.74. The van der Waals surface area contributed by atoms with Gasteiger partial charge in [0.25, 0.3) is 5.91 Å². The Morgan fingerprint density at radius 2 is 1.68 bits per heavy atom. The second kappa shape index (κ2) is 18.4. The number of carbonyl (C=O) groups is 3. The Morgan fingerprint density at radius 1 is 0.962 bits per heavy atom. The van der Waals surface area contributed by atoms with E-state index in [-0.39, 0.29) is 49.2 Å². The smallest absolute Gasteiger partial charge is 0.323 e. The number of ether oxygens (including phenoxy) is 3. The molecular formula is C41H51N5O7. The fourth-order valence-corrected chi connectivity index (χ4v) is 6.33. The Bertz CT molecular complexity index is 1850. The van der Waals surface area contributed by atoms with Gasteiger partial charge in [0.15, 0.2) is 0 Å². The highest BCUT2D eigenvalue weighted by Crippen LogP contribution is 2.29. The summed E-state index contributed by atoms with van der Waals surface area (Å²) >= 11 is 0. The Balaban J connectivity index is 1.36. The van der Waals surface area contributed by atoms with E-state index in [2.05, 4.69) is 16.0 Å². The summed E-state index contributed by atoms with van der Waals surface area (Å²) in [6.45, 7) is 6.44. The van der Waals surface area contributed by atoms with Crippen molar-refractivity contribution < 1.29 is 33.7 Å². The molecule has 53 heavy (non-hydrogen) atoms. The molecule has 12 heteroatoms. The van der Waals surface area contributed by atoms with Crippen LogP contribution in [0.4, 0.5) is 26.7 Å². The molecule has 1 aliphatic rings. The number of rotatable bonds is 8. The largest absolute Gasteiger partial charge is 0.497 e. The quantitative estimate of drug-likeness (QED) is 0.148. The van der Waals surface area contributed by atoms with Crippen molar-refractivity contribution in [2.75, 3.05) is 56.4 Å². The van der Waals surface area contributed by atoms with Gasteiger partial charge in [0, 0.05) is 49.4 Å². The summed E-state index contributed by atoms with van der Waals surface area (Å²) in [5, 5.41) is 20.9. The summed E-state index contributed by atoms with van der Waals surface area (Å²) in [7, 11) is 3.30. The minimum atomic E-state index is -0.550. The third kappa shape index (κ3) is 10.4. The molecule has 282 valence electrons. The molecule has 0 spiro atoms. The predicted molar refractivity (Wildman–Crippen MR) is 208 cm³/mol. The molecule has 0 aliphatic carbocycles. The molecule has 4 aromatic rings. The van der Waals surface area contributed by atoms with Gasteiger partial charge in [-0.3, -0.25) is 4.79 Å². The van der Waals surface area contributed by atoms with Gasteiger partial charge in [-0.05, 0) is 87.0 Å². The number of fused-ring (bicyclic) bond motifs is 2. The molecule has 0 saturated carbocycles. The molecular weight excluding hydrogens is 674 g/mol. The Morgan fingerprint density at radius 3 is 2.43 bits per heavy atom. The maximum Gasteiger partial charge on any atom is 0.323 e. The van der Waals surface area contributed by atoms with Crippen LogP contribution in [0.3, 0.4) is 0 Å². The minimum absolute atomic E-state index is 0.205. The van der Waals surface area contributed by atoms with Crippen molar-refractivity contribution in [1.29, 1.82) is 0 Å². The van der Waals surface area contributed by atoms with Gasteiger partial charge in [0.1, 0.15) is 11.5 Å². The summed E-state index contributed by atoms with van der Waals surface area (Å²) in [5.74, 6) is 0.459. The number of aliphatic hydroxyl groups is 1. The lowest BCUT2D eigenvalue weighted by molar-refractivity contribution is -0.0115. The number of likely N-dealkylation sites (N-methyl/N-ethyl adjacent to an activating group) is 1. The highest BCUT2D eigenvalue weighted by Gasteiger charge is 2.31. The monoisotopic (exact) mass is 725 g/mol. The zero-order chi connectivity index (χ0) is 37.9. The number of anilines is 3. The maximum absolute atomic E-state index is 14.5. The first kappa shape index (κ1) is 38.9. The molecule has 0 aromatic heterocycles. The van der Waals surface area contributed by atoms with Crippen molar-refractivity contribution in [1.82, 2.24) is 9.80 Å². The number of benzene rings is 4. The van der Waals surface area contributed by atoms with Crippen LogP contribution < -0.4 is 25.4 Å². The fraction of sp³-hybridized carbons (Fsp3) is 0.390. The number of methoxy groups -OCH3 is 1. The first-order valence-corrected chi connectivity index (χ1v) is 18.1. The molecule has 4 aromatic carbocycles. The lowest BCUT2D eigenvalue weighted by Crippen LogP contribution is -2.48. The van der Waals surface area contributed by atoms with E-state index in [0.29, 0.717) is 29.5 Å². The van der Waals surface area contributed by atoms with Gasteiger partial charge < -0.3 is 45.1 Å². The molecule has 1 heterocycles. The zero-order valence-corrected chi connectivity index (χ0v) is 31.1. The van der Waals surface area contributed by atoms with Gasteiger partial charge in [-0.1, -0.05) is 43.3 Å². The summed E-state index contributed by atoms with van der Waals surface area (Å²) in [6, 6.07) is 24.3. The average Bonchev–Trinajstić information content (AvgIpc) is 3.16. The summed E-state index contributed by atoms with van der Waals surface area (Å²) < 4.78 is 17.9. The second-order valence-corrected chi connectivity index (χ2v) is 13.7. The molecule has 1 aliphatic heterocycles. The second-order valence-electron chi connectivity index (χ2n) is 13.7. The van der Waals surface area contributed by atoms with Crippen LogP contribution >= 0.6 is 0 Å². The zero-order valence-electron chi connectivity index (χ0n) is 31.1. The van der Waals surface area contributed by atoms with E-state index in [1.165, 1.54) is 0 Å². The lowest BCUT2D eigenvalue weighted by Gasteiger charge is -2.35. The van der Waals surface area contributed by atoms with Gasteiger partial charge in [0.2, 0.25) is 0 Å². The normalized spacial score (nSPS) is 18.9. The average molecular weight is 726 g/mol. The number of hydrogen-bond acceptors (Lipinski definition) is 7. The van der Waals surface area contributed by atoms with E-state index >= 15 is 0 Å². The SMILES string of the molecule is COc1ccc(NC(=O)Nc2ccc3c(c2)C(=O)N([C@H](C)CO)C[C@H](C)[C@H](CN(C)C(=O)Nc2cccc4ccccc24)OCCCC[C@H](C)O3)cc1. The van der Waals surface area contributed by atoms with Crippen molar-refractivity contribution in [2.24, 2.45) is 5.92 Å². The number of hydrogen-bond donors (Lipinski definition) is 4. The number of nitrogens with zero attached hydrogens (tertiary/aromatic N) is 2. The van der Waals surface area contributed by atoms with Crippen LogP contribution in [-0.2, 0) is 4.74 Å². The van der Waals surface area contributed by atoms with E-state index in [0.717, 1.165) is 35.7 Å². The van der Waals surface area contributed by atoms with Crippen LogP contribution in [0.5, 0.6) is 11.5 Å². The number of nitrogens with one attached hydrogen (secondary N) is 3. The first-order chi connectivity index (χ1) is 25.6. The van der Waals surface area contributed by atoms with E-state index in [1.54, 1.807) is 73.3 Å². The molecule has 4 atom stereocenters. The molecule has 0 unspecified atom stereocenters. The third-order valence-corrected chi connectivity index (χ3v) is 9.49. The Kier molecular flexibility index (Phi) is 13.5. The standard InChI is InChI=1S/C41H51N5O7/c1-27-24-46(28(2)26-47)39(48)35-23-32(43-40(49)42-31-16-19-33(51-5)20-17-31)18-21-37(35)53-29(3)11-8-9-22-52-38(27)25-45(4)41(50)44-36-15-10-13-30-12-6-7-14-34(30)36/h6-7,10,12-21,23,27-29,38,47H,8-9,11,22,24-26H2,1-5H3,(H,44,50)(H2,42,43,49)/t27-,28+,29-,38-/m0/s1. The lowest BCUT2D eigenvalue weighted by atomic mass is 10.0. The molecule has 0 fully saturated rings. The van der Waals surface area contributed by atoms with Crippen LogP contribution in [0.15, 0.2) is 84.9 Å². The van der Waals surface area contributed by atoms with Crippen molar-refractivity contribution in [3.05, 3.63) is 90.5 Å². The molecule has 4 N–H and O–H groups in total. The Hall–Kier alpha value is -5.33. The van der Waals surface area contributed by atoms with Crippen molar-refractivity contribution in [3.63, 3.8) is 0 Å². The van der Waals surface area contributed by atoms with Crippen LogP contribution in [0.2, 0.25) is 0 Å². The van der Waals surface area contributed by atoms with E-state index in [1.807, 2.05) is 56.3 Å². The fourth-order valence-electron chi connectivity index (χ4n) is 6.33. The van der Waals surface area contributed by atoms with Gasteiger partial charge in [-0.2, -0.15) is 0 Å². The van der Waals surface area contributed by atoms with E-state index < -0.39 is 18.2 Å². The number of aliphatic hydroxyl groups excluding tert-OH is 1. The van der Waals surface area contributed by atoms with Crippen LogP contribution in [0.25, 0.3) is 10.8 Å². The van der Waals surface area contributed by atoms with Crippen LogP contribution in [0.1, 0.15) is 50.4 Å². The van der Waals surface area contributed by atoms with Gasteiger partial charge in [0.05, 0.1) is 43.2 Å². The van der Waals surface area contributed by atoms with Gasteiger partial charge in [-0.15, -0.1) is 0 Å². The number of amides is 5. The summed E-state index contributed by atoms with van der Waals surface area (Å²) in [5.41, 5.74) is 1.94. The van der Waals surface area contributed by atoms with E-state index in [9.17, 15) is 19.5 Å². The first-order valence-electron chi connectivity index (χ1n) is 18.1. The summed E-state index contributed by atoms with van der Waals surface area (Å²) in [4.78, 5) is 44.1. The van der Waals surface area contributed by atoms with E-state index in [4.69, 9.17) is 14.2 Å². The number of carbonyl (C=O) groups excluding carboxylic acids is 3. The molecule has 12 nitrogen and oxygen atoms in total. The van der Waals surface area contributed by atoms with Crippen molar-refractivity contribution in [2.45, 2.75) is 58.3 Å². The van der Waals surface area contributed by atoms with Crippen LogP contribution in [-0.4, -0.2) is 91.6 Å². The topological polar surface area (TPSA) is 142 Å². The van der Waals surface area contributed by atoms with Crippen LogP contribution in [0, 0.1) is 5.92 Å². The molecule has 0 saturated heterocycles. The molecule has 5 amide bonds. The maximum atomic E-state index is 14.5. The molecule has 5 rings (SSSR count). The minimum Gasteiger partial charge on any atom is -0.497 e. The highest BCUT2D eigenvalue weighted by molar-refractivity contribution is 6.03. The third-order valence-electron chi connectivity index (χ3n) is 9.49. The molecule has 0 radical (unpaired) electrons. The number of urea groups is 2. The van der Waals surface area contributed by atoms with Gasteiger partial charge in [-0.25, -0.2) is 9.59 Å². The predicted octanol–water partition coefficient (Wildman–Crippen LogP) is 7.45.